The first-order valence-electron chi connectivity index (χ1n) is 10.2. The first-order chi connectivity index (χ1) is 12.6. The van der Waals surface area contributed by atoms with Crippen LogP contribution in [-0.4, -0.2) is 16.9 Å². The van der Waals surface area contributed by atoms with Gasteiger partial charge in [-0.05, 0) is 86.0 Å². The summed E-state index contributed by atoms with van der Waals surface area (Å²) in [5.41, 5.74) is -0.716. The summed E-state index contributed by atoms with van der Waals surface area (Å²) in [6, 6.07) is 2.21. The van der Waals surface area contributed by atoms with Crippen LogP contribution >= 0.6 is 0 Å². The minimum atomic E-state index is -4.61. The first kappa shape index (κ1) is 19.1. The van der Waals surface area contributed by atoms with Crippen molar-refractivity contribution in [2.24, 2.45) is 28.6 Å². The van der Waals surface area contributed by atoms with E-state index in [9.17, 15) is 18.3 Å². The number of fused-ring (bicyclic) bond motifs is 5. The lowest BCUT2D eigenvalue weighted by Crippen LogP contribution is -2.54. The molecule has 0 saturated heterocycles. The molecule has 3 saturated carbocycles. The molecule has 2 nitrogen and oxygen atoms in total. The fourth-order valence-electron chi connectivity index (χ4n) is 7.11. The average molecular weight is 379 g/mol. The smallest absolute Gasteiger partial charge is 0.377 e. The molecule has 5 heteroatoms. The number of allylic oxidation sites excluding steroid dienone is 3. The third kappa shape index (κ3) is 2.55. The van der Waals surface area contributed by atoms with E-state index >= 15 is 0 Å². The third-order valence-corrected chi connectivity index (χ3v) is 8.75. The lowest BCUT2D eigenvalue weighted by atomic mass is 9.46. The van der Waals surface area contributed by atoms with Crippen LogP contribution in [0.1, 0.15) is 65.2 Å². The molecule has 0 aromatic rings. The second-order valence-electron chi connectivity index (χ2n) is 9.72. The molecule has 0 aliphatic heterocycles. The fraction of sp³-hybridized carbons (Fsp3) is 0.773. The van der Waals surface area contributed by atoms with Crippen molar-refractivity contribution in [1.29, 1.82) is 5.26 Å². The number of alkyl halides is 3. The van der Waals surface area contributed by atoms with Crippen molar-refractivity contribution in [3.05, 3.63) is 23.3 Å². The summed E-state index contributed by atoms with van der Waals surface area (Å²) < 4.78 is 40.1. The van der Waals surface area contributed by atoms with Gasteiger partial charge in [0.2, 0.25) is 0 Å². The number of hydrogen-bond donors (Lipinski definition) is 1. The second kappa shape index (κ2) is 5.86. The van der Waals surface area contributed by atoms with Crippen molar-refractivity contribution in [3.63, 3.8) is 0 Å². The highest BCUT2D eigenvalue weighted by atomic mass is 19.4. The summed E-state index contributed by atoms with van der Waals surface area (Å²) in [5.74, 6) is 1.42. The van der Waals surface area contributed by atoms with E-state index in [-0.39, 0.29) is 17.3 Å². The Kier molecular flexibility index (Phi) is 4.14. The molecule has 0 amide bonds. The number of halogens is 3. The maximum Gasteiger partial charge on any atom is 0.420 e. The minimum Gasteiger partial charge on any atom is -0.377 e. The zero-order chi connectivity index (χ0) is 19.7. The van der Waals surface area contributed by atoms with E-state index < -0.39 is 11.8 Å². The zero-order valence-electron chi connectivity index (χ0n) is 16.1. The van der Waals surface area contributed by atoms with Crippen LogP contribution < -0.4 is 0 Å². The van der Waals surface area contributed by atoms with Crippen molar-refractivity contribution >= 4 is 0 Å². The molecule has 0 radical (unpaired) electrons. The summed E-state index contributed by atoms with van der Waals surface area (Å²) in [5, 5.41) is 19.3. The van der Waals surface area contributed by atoms with Gasteiger partial charge in [-0.25, -0.2) is 0 Å². The molecular formula is C22H28F3NO. The van der Waals surface area contributed by atoms with Gasteiger partial charge in [0.15, 0.2) is 5.60 Å². The molecule has 0 aromatic heterocycles. The normalized spacial score (nSPS) is 48.3. The predicted molar refractivity (Wildman–Crippen MR) is 96.4 cm³/mol. The number of hydrogen-bond acceptors (Lipinski definition) is 2. The molecule has 0 aromatic carbocycles. The summed E-state index contributed by atoms with van der Waals surface area (Å²) in [4.78, 5) is 0. The highest BCUT2D eigenvalue weighted by molar-refractivity contribution is 5.32. The van der Waals surface area contributed by atoms with E-state index in [1.54, 1.807) is 6.08 Å². The van der Waals surface area contributed by atoms with Crippen LogP contribution in [0.2, 0.25) is 0 Å². The van der Waals surface area contributed by atoms with E-state index in [4.69, 9.17) is 5.26 Å². The molecule has 148 valence electrons. The summed E-state index contributed by atoms with van der Waals surface area (Å²) in [7, 11) is 0. The van der Waals surface area contributed by atoms with E-state index in [0.29, 0.717) is 30.6 Å². The standard InChI is InChI=1S/C22H28F3NO/c1-19-9-7-18-16(17(19)6-4-14(19)8-12-26)5-3-15-13-21(27,22(23,24)25)11-10-20(15,18)2/h8,13,16-18,27H,3-7,9-11H2,1-2H3/b14-8-/t16-,17-,18-,19+,20-,21+/m0/s1. The van der Waals surface area contributed by atoms with Crippen molar-refractivity contribution in [3.8, 4) is 6.07 Å². The van der Waals surface area contributed by atoms with E-state index in [1.165, 1.54) is 5.57 Å². The Morgan fingerprint density at radius 3 is 2.44 bits per heavy atom. The van der Waals surface area contributed by atoms with Crippen LogP contribution in [0.3, 0.4) is 0 Å². The Morgan fingerprint density at radius 2 is 1.78 bits per heavy atom. The largest absolute Gasteiger partial charge is 0.420 e. The van der Waals surface area contributed by atoms with Crippen LogP contribution in [0.5, 0.6) is 0 Å². The van der Waals surface area contributed by atoms with Gasteiger partial charge in [-0.2, -0.15) is 18.4 Å². The van der Waals surface area contributed by atoms with Gasteiger partial charge in [0.05, 0.1) is 6.07 Å². The molecule has 0 bridgehead atoms. The maximum atomic E-state index is 13.4. The number of nitrogens with zero attached hydrogens (tertiary/aromatic N) is 1. The predicted octanol–water partition coefficient (Wildman–Crippen LogP) is 5.69. The van der Waals surface area contributed by atoms with Crippen molar-refractivity contribution in [1.82, 2.24) is 0 Å². The van der Waals surface area contributed by atoms with Gasteiger partial charge in [0.25, 0.3) is 0 Å². The second-order valence-corrected chi connectivity index (χ2v) is 9.72. The van der Waals surface area contributed by atoms with E-state index in [1.807, 2.05) is 0 Å². The number of aliphatic hydroxyl groups is 1. The van der Waals surface area contributed by atoms with Gasteiger partial charge in [-0.1, -0.05) is 25.0 Å². The van der Waals surface area contributed by atoms with Gasteiger partial charge >= 0.3 is 6.18 Å². The van der Waals surface area contributed by atoms with Crippen LogP contribution in [-0.2, 0) is 0 Å². The van der Waals surface area contributed by atoms with Crippen LogP contribution in [0, 0.1) is 39.9 Å². The van der Waals surface area contributed by atoms with Crippen molar-refractivity contribution in [2.45, 2.75) is 77.0 Å². The summed E-state index contributed by atoms with van der Waals surface area (Å²) in [6.07, 6.45) is 4.10. The van der Waals surface area contributed by atoms with E-state index in [0.717, 1.165) is 43.8 Å². The molecule has 4 aliphatic carbocycles. The molecule has 1 N–H and O–H groups in total. The number of rotatable bonds is 0. The maximum absolute atomic E-state index is 13.4. The van der Waals surface area contributed by atoms with Gasteiger partial charge in [-0.15, -0.1) is 0 Å². The quantitative estimate of drug-likeness (QED) is 0.434. The molecule has 0 unspecified atom stereocenters. The Balaban J connectivity index is 1.66. The van der Waals surface area contributed by atoms with E-state index in [2.05, 4.69) is 19.9 Å². The van der Waals surface area contributed by atoms with Crippen LogP contribution in [0.15, 0.2) is 23.3 Å². The number of nitriles is 1. The van der Waals surface area contributed by atoms with Crippen LogP contribution in [0.4, 0.5) is 13.2 Å². The Morgan fingerprint density at radius 1 is 1.07 bits per heavy atom. The first-order valence-corrected chi connectivity index (χ1v) is 10.2. The Bertz CT molecular complexity index is 748. The monoisotopic (exact) mass is 379 g/mol. The Hall–Kier alpha value is -1.28. The van der Waals surface area contributed by atoms with Crippen molar-refractivity contribution < 1.29 is 18.3 Å². The highest BCUT2D eigenvalue weighted by Crippen LogP contribution is 2.67. The molecule has 6 atom stereocenters. The minimum absolute atomic E-state index is 0.0792. The molecule has 0 heterocycles. The lowest BCUT2D eigenvalue weighted by Gasteiger charge is -2.58. The van der Waals surface area contributed by atoms with Crippen LogP contribution in [0.25, 0.3) is 0 Å². The van der Waals surface area contributed by atoms with Gasteiger partial charge in [0.1, 0.15) is 0 Å². The Labute approximate surface area is 159 Å². The van der Waals surface area contributed by atoms with Gasteiger partial charge in [0, 0.05) is 6.08 Å². The SMILES string of the molecule is C[C@]12CC[C@](O)(C(F)(F)F)C=C1CC[C@@H]1[C@@H]2CC[C@]2(C)/C(=C\C#N)CC[C@@H]12. The summed E-state index contributed by atoms with van der Waals surface area (Å²) >= 11 is 0. The average Bonchev–Trinajstić information content (AvgIpc) is 2.92. The van der Waals surface area contributed by atoms with Crippen molar-refractivity contribution in [2.75, 3.05) is 0 Å². The lowest BCUT2D eigenvalue weighted by molar-refractivity contribution is -0.247. The van der Waals surface area contributed by atoms with Gasteiger partial charge < -0.3 is 5.11 Å². The molecule has 3 fully saturated rings. The third-order valence-electron chi connectivity index (χ3n) is 8.75. The summed E-state index contributed by atoms with van der Waals surface area (Å²) in [6.45, 7) is 4.43. The molecule has 4 rings (SSSR count). The molecule has 4 aliphatic rings. The topological polar surface area (TPSA) is 44.0 Å². The molecule has 27 heavy (non-hydrogen) atoms. The fourth-order valence-corrected chi connectivity index (χ4v) is 7.11. The molecule has 0 spiro atoms. The highest BCUT2D eigenvalue weighted by Gasteiger charge is 2.61. The molecular weight excluding hydrogens is 351 g/mol. The van der Waals surface area contributed by atoms with Gasteiger partial charge in [-0.3, -0.25) is 0 Å². The zero-order valence-corrected chi connectivity index (χ0v) is 16.1.